The molecule has 4 heterocycles. The van der Waals surface area contributed by atoms with Gasteiger partial charge in [-0.1, -0.05) is 206 Å². The van der Waals surface area contributed by atoms with Crippen molar-refractivity contribution in [2.24, 2.45) is 0 Å². The number of imidazole rings is 1. The molecule has 6 heteroatoms. The molecule has 0 amide bonds. The average Bonchev–Trinajstić information content (AvgIpc) is 1.90. The van der Waals surface area contributed by atoms with Crippen LogP contribution in [0.15, 0.2) is 298 Å². The zero-order valence-electron chi connectivity index (χ0n) is 46.0. The second kappa shape index (κ2) is 19.6. The van der Waals surface area contributed by atoms with Crippen LogP contribution in [-0.4, -0.2) is 24.3 Å². The van der Waals surface area contributed by atoms with Crippen LogP contribution < -0.4 is 4.57 Å². The number of hydrogen-bond donors (Lipinski definition) is 0. The first-order valence-corrected chi connectivity index (χ1v) is 28.8. The van der Waals surface area contributed by atoms with Gasteiger partial charge >= 0.3 is 0 Å². The second-order valence-electron chi connectivity index (χ2n) is 22.0. The summed E-state index contributed by atoms with van der Waals surface area (Å²) >= 11 is 0. The molecule has 0 radical (unpaired) electrons. The van der Waals surface area contributed by atoms with Crippen LogP contribution in [0.3, 0.4) is 0 Å². The van der Waals surface area contributed by atoms with E-state index in [0.29, 0.717) is 17.5 Å². The molecule has 0 saturated heterocycles. The number of nitrogens with zero attached hydrogens (tertiary/aromatic N) is 6. The number of fused-ring (bicyclic) bond motifs is 14. The Morgan fingerprint density at radius 1 is 0.271 bits per heavy atom. The van der Waals surface area contributed by atoms with Crippen molar-refractivity contribution < 1.29 is 4.57 Å². The van der Waals surface area contributed by atoms with Gasteiger partial charge in [-0.05, 0) is 148 Å². The van der Waals surface area contributed by atoms with Crippen LogP contribution in [0.4, 0.5) is 0 Å². The maximum Gasteiger partial charge on any atom is 0.210 e. The quantitative estimate of drug-likeness (QED) is 0.112. The molecule has 0 saturated carbocycles. The summed E-state index contributed by atoms with van der Waals surface area (Å²) in [5.41, 5.74) is 17.0. The largest absolute Gasteiger partial charge is 0.292 e. The highest BCUT2D eigenvalue weighted by atomic mass is 15.0. The fourth-order valence-electron chi connectivity index (χ4n) is 13.0. The summed E-state index contributed by atoms with van der Waals surface area (Å²) < 4.78 is 4.59. The van der Waals surface area contributed by atoms with E-state index in [1.807, 2.05) is 36.4 Å². The zero-order chi connectivity index (χ0) is 56.0. The number of para-hydroxylation sites is 2. The molecule has 0 aliphatic rings. The Morgan fingerprint density at radius 3 is 1.54 bits per heavy atom. The third-order valence-corrected chi connectivity index (χ3v) is 17.1. The standard InChI is InChI=1S/C79H49N6/c1-3-19-52(20-4-1)76-81-77(53-21-5-2-6-22-53)83-78(82-76)59-45-57(44-58(46-59)71-47-54-23-8-9-25-61(54)65-27-13-14-30-68(65)71)56-24-17-43-84(49-56)60-37-33-51(34-38-60)62-41-42-63(67-29-12-11-28-66(62)67)55-36-39-69-70-40-35-50-18-7-10-26-64(50)75(70)79-80-72-31-15-16-32-73(72)85(79)74(69)48-55/h1-49H/q+1. The van der Waals surface area contributed by atoms with Gasteiger partial charge in [-0.3, -0.25) is 4.40 Å². The Bertz CT molecular complexity index is 5480. The Hall–Kier alpha value is -11.5. The lowest BCUT2D eigenvalue weighted by Crippen LogP contribution is -2.29. The number of hydrogen-bond acceptors (Lipinski definition) is 4. The summed E-state index contributed by atoms with van der Waals surface area (Å²) in [6.45, 7) is 0. The Morgan fingerprint density at radius 2 is 0.812 bits per heavy atom. The molecule has 17 rings (SSSR count). The van der Waals surface area contributed by atoms with E-state index in [2.05, 4.69) is 270 Å². The van der Waals surface area contributed by atoms with Crippen molar-refractivity contribution in [3.05, 3.63) is 298 Å². The first-order valence-electron chi connectivity index (χ1n) is 28.8. The highest BCUT2D eigenvalue weighted by Crippen LogP contribution is 2.43. The van der Waals surface area contributed by atoms with Crippen LogP contribution in [0, 0.1) is 0 Å². The SMILES string of the molecule is c1ccc(-c2nc(-c3ccccc3)nc(-c3cc(-c4ccc[n+](-c5ccc(-c6ccc(-c7ccc8c9ccc%10ccccc%10c9c9nc%10ccccc%10n9c8c7)c7ccccc67)cc5)c4)cc(-c4cc5ccccc5c5ccccc45)c3)n2)cc1. The van der Waals surface area contributed by atoms with Crippen LogP contribution in [0.5, 0.6) is 0 Å². The molecule has 0 N–H and O–H groups in total. The molecule has 4 aromatic heterocycles. The highest BCUT2D eigenvalue weighted by Gasteiger charge is 2.21. The molecule has 13 aromatic carbocycles. The van der Waals surface area contributed by atoms with E-state index in [9.17, 15) is 0 Å². The summed E-state index contributed by atoms with van der Waals surface area (Å²) in [6, 6.07) is 102. The predicted octanol–water partition coefficient (Wildman–Crippen LogP) is 19.5. The van der Waals surface area contributed by atoms with Crippen molar-refractivity contribution in [1.82, 2.24) is 24.3 Å². The zero-order valence-corrected chi connectivity index (χ0v) is 46.0. The van der Waals surface area contributed by atoms with E-state index < -0.39 is 0 Å². The molecule has 0 atom stereocenters. The van der Waals surface area contributed by atoms with E-state index in [-0.39, 0.29) is 0 Å². The number of aromatic nitrogens is 6. The lowest BCUT2D eigenvalue weighted by molar-refractivity contribution is -0.595. The van der Waals surface area contributed by atoms with Gasteiger partial charge in [-0.15, -0.1) is 0 Å². The summed E-state index contributed by atoms with van der Waals surface area (Å²) in [6.07, 6.45) is 4.36. The Kier molecular flexibility index (Phi) is 11.1. The lowest BCUT2D eigenvalue weighted by atomic mass is 9.90. The van der Waals surface area contributed by atoms with Gasteiger partial charge in [-0.2, -0.15) is 4.57 Å². The highest BCUT2D eigenvalue weighted by molar-refractivity contribution is 6.24. The smallest absolute Gasteiger partial charge is 0.210 e. The molecule has 0 unspecified atom stereocenters. The van der Waals surface area contributed by atoms with Gasteiger partial charge in [0.05, 0.1) is 16.6 Å². The van der Waals surface area contributed by atoms with Crippen molar-refractivity contribution in [2.75, 3.05) is 0 Å². The number of rotatable bonds is 8. The van der Waals surface area contributed by atoms with E-state index >= 15 is 0 Å². The minimum atomic E-state index is 0.602. The Labute approximate surface area is 489 Å². The van der Waals surface area contributed by atoms with Gasteiger partial charge in [0.2, 0.25) is 5.69 Å². The molecule has 0 aliphatic carbocycles. The van der Waals surface area contributed by atoms with Gasteiger partial charge in [-0.25, -0.2) is 19.9 Å². The van der Waals surface area contributed by atoms with Crippen LogP contribution in [0.1, 0.15) is 0 Å². The molecule has 0 spiro atoms. The van der Waals surface area contributed by atoms with Gasteiger partial charge in [0.25, 0.3) is 0 Å². The van der Waals surface area contributed by atoms with E-state index in [0.717, 1.165) is 78.0 Å². The molecule has 6 nitrogen and oxygen atoms in total. The summed E-state index contributed by atoms with van der Waals surface area (Å²) in [4.78, 5) is 20.8. The van der Waals surface area contributed by atoms with Crippen LogP contribution >= 0.6 is 0 Å². The molecular weight excluding hydrogens is 1030 g/mol. The van der Waals surface area contributed by atoms with Crippen LogP contribution in [-0.2, 0) is 0 Å². The van der Waals surface area contributed by atoms with E-state index in [1.54, 1.807) is 0 Å². The second-order valence-corrected chi connectivity index (χ2v) is 22.0. The van der Waals surface area contributed by atoms with Crippen molar-refractivity contribution >= 4 is 81.4 Å². The fraction of sp³-hybridized carbons (Fsp3) is 0. The van der Waals surface area contributed by atoms with E-state index in [1.165, 1.54) is 70.4 Å². The monoisotopic (exact) mass is 1080 g/mol. The van der Waals surface area contributed by atoms with Gasteiger partial charge < -0.3 is 0 Å². The predicted molar refractivity (Wildman–Crippen MR) is 351 cm³/mol. The fourth-order valence-corrected chi connectivity index (χ4v) is 13.0. The molecule has 0 bridgehead atoms. The van der Waals surface area contributed by atoms with Crippen molar-refractivity contribution in [1.29, 1.82) is 0 Å². The maximum absolute atomic E-state index is 5.30. The van der Waals surface area contributed by atoms with Crippen LogP contribution in [0.2, 0.25) is 0 Å². The number of pyridine rings is 2. The first kappa shape index (κ1) is 48.3. The van der Waals surface area contributed by atoms with Crippen molar-refractivity contribution in [3.8, 4) is 84.4 Å². The molecule has 17 aromatic rings. The summed E-state index contributed by atoms with van der Waals surface area (Å²) in [5, 5.41) is 13.2. The number of benzene rings is 13. The van der Waals surface area contributed by atoms with Gasteiger partial charge in [0, 0.05) is 51.2 Å². The van der Waals surface area contributed by atoms with Crippen LogP contribution in [0.25, 0.3) is 166 Å². The third-order valence-electron chi connectivity index (χ3n) is 17.1. The third kappa shape index (κ3) is 8.14. The van der Waals surface area contributed by atoms with Crippen molar-refractivity contribution in [2.45, 2.75) is 0 Å². The summed E-state index contributed by atoms with van der Waals surface area (Å²) in [5.74, 6) is 1.84. The van der Waals surface area contributed by atoms with Gasteiger partial charge in [0.1, 0.15) is 5.65 Å². The van der Waals surface area contributed by atoms with Gasteiger partial charge in [0.15, 0.2) is 29.9 Å². The summed E-state index contributed by atoms with van der Waals surface area (Å²) in [7, 11) is 0. The molecule has 394 valence electrons. The molecule has 0 fully saturated rings. The Balaban J connectivity index is 0.765. The topological polar surface area (TPSA) is 59.8 Å². The first-order chi connectivity index (χ1) is 42.1. The minimum absolute atomic E-state index is 0.602. The molecule has 0 aliphatic heterocycles. The normalized spacial score (nSPS) is 11.8. The van der Waals surface area contributed by atoms with E-state index in [4.69, 9.17) is 19.9 Å². The lowest BCUT2D eigenvalue weighted by Gasteiger charge is -2.15. The average molecular weight is 1080 g/mol. The van der Waals surface area contributed by atoms with Crippen molar-refractivity contribution in [3.63, 3.8) is 0 Å². The molecular formula is C79H49N6+. The maximum atomic E-state index is 5.30. The molecule has 85 heavy (non-hydrogen) atoms. The minimum Gasteiger partial charge on any atom is -0.292 e.